The van der Waals surface area contributed by atoms with E-state index in [1.807, 2.05) is 6.07 Å². The van der Waals surface area contributed by atoms with Crippen LogP contribution in [0.2, 0.25) is 0 Å². The zero-order chi connectivity index (χ0) is 14.5. The summed E-state index contributed by atoms with van der Waals surface area (Å²) in [6.07, 6.45) is 6.73. The lowest BCUT2D eigenvalue weighted by molar-refractivity contribution is 0.184. The van der Waals surface area contributed by atoms with Crippen molar-refractivity contribution in [1.29, 1.82) is 0 Å². The molecule has 0 saturated heterocycles. The summed E-state index contributed by atoms with van der Waals surface area (Å²) >= 11 is 5.10. The Balaban J connectivity index is 2.08. The molecule has 0 spiro atoms. The van der Waals surface area contributed by atoms with Crippen LogP contribution in [0.3, 0.4) is 0 Å². The van der Waals surface area contributed by atoms with Crippen LogP contribution in [-0.4, -0.2) is 30.1 Å². The van der Waals surface area contributed by atoms with Crippen molar-refractivity contribution < 1.29 is 4.74 Å². The highest BCUT2D eigenvalue weighted by molar-refractivity contribution is 7.80. The maximum atomic E-state index is 5.77. The molecular formula is C16H24N2OS. The van der Waals surface area contributed by atoms with Gasteiger partial charge in [-0.2, -0.15) is 0 Å². The number of ether oxygens (including phenoxy) is 1. The van der Waals surface area contributed by atoms with E-state index in [1.54, 1.807) is 7.11 Å². The minimum Gasteiger partial charge on any atom is -0.496 e. The number of benzene rings is 1. The molecule has 1 aliphatic carbocycles. The van der Waals surface area contributed by atoms with Crippen molar-refractivity contribution in [1.82, 2.24) is 4.90 Å². The molecule has 2 N–H and O–H groups in total. The summed E-state index contributed by atoms with van der Waals surface area (Å²) in [5.74, 6) is 0.751. The van der Waals surface area contributed by atoms with Crippen LogP contribution in [0, 0.1) is 0 Å². The van der Waals surface area contributed by atoms with E-state index in [-0.39, 0.29) is 0 Å². The molecule has 0 aromatic heterocycles. The molecule has 0 atom stereocenters. The fourth-order valence-electron chi connectivity index (χ4n) is 2.98. The first-order valence-corrected chi connectivity index (χ1v) is 7.69. The quantitative estimate of drug-likeness (QED) is 0.846. The van der Waals surface area contributed by atoms with Crippen molar-refractivity contribution in [2.24, 2.45) is 5.73 Å². The number of hydrogen-bond donors (Lipinski definition) is 1. The second-order valence-corrected chi connectivity index (χ2v) is 6.05. The van der Waals surface area contributed by atoms with E-state index in [0.717, 1.165) is 17.9 Å². The van der Waals surface area contributed by atoms with E-state index in [0.29, 0.717) is 11.0 Å². The molecule has 0 aliphatic heterocycles. The molecule has 3 nitrogen and oxygen atoms in total. The van der Waals surface area contributed by atoms with Crippen LogP contribution in [0.15, 0.2) is 18.2 Å². The summed E-state index contributed by atoms with van der Waals surface area (Å²) in [4.78, 5) is 2.84. The van der Waals surface area contributed by atoms with Gasteiger partial charge >= 0.3 is 0 Å². The first-order valence-electron chi connectivity index (χ1n) is 7.28. The Bertz CT molecular complexity index is 470. The predicted molar refractivity (Wildman–Crippen MR) is 87.2 cm³/mol. The molecule has 0 unspecified atom stereocenters. The zero-order valence-corrected chi connectivity index (χ0v) is 13.2. The van der Waals surface area contributed by atoms with Gasteiger partial charge in [0, 0.05) is 12.6 Å². The highest BCUT2D eigenvalue weighted by atomic mass is 32.1. The number of thiocarbonyl (C=S) groups is 1. The molecule has 0 heterocycles. The molecule has 0 bridgehead atoms. The smallest absolute Gasteiger partial charge is 0.129 e. The SMILES string of the molecule is COc1ccc(CN(C)C2CCCCC2)cc1C(N)=S. The topological polar surface area (TPSA) is 38.5 Å². The predicted octanol–water partition coefficient (Wildman–Crippen LogP) is 3.09. The summed E-state index contributed by atoms with van der Waals surface area (Å²) in [5.41, 5.74) is 7.84. The van der Waals surface area contributed by atoms with Crippen molar-refractivity contribution in [2.45, 2.75) is 44.7 Å². The standard InChI is InChI=1S/C16H24N2OS/c1-18(13-6-4-3-5-7-13)11-12-8-9-15(19-2)14(10-12)16(17)20/h8-10,13H,3-7,11H2,1-2H3,(H2,17,20). The lowest BCUT2D eigenvalue weighted by atomic mass is 9.94. The van der Waals surface area contributed by atoms with Gasteiger partial charge < -0.3 is 10.5 Å². The molecule has 110 valence electrons. The maximum absolute atomic E-state index is 5.77. The lowest BCUT2D eigenvalue weighted by Crippen LogP contribution is -2.32. The highest BCUT2D eigenvalue weighted by Crippen LogP contribution is 2.25. The molecule has 0 radical (unpaired) electrons. The fourth-order valence-corrected chi connectivity index (χ4v) is 3.14. The summed E-state index contributed by atoms with van der Waals surface area (Å²) in [6, 6.07) is 6.82. The molecule has 1 aromatic rings. The van der Waals surface area contributed by atoms with Crippen molar-refractivity contribution in [3.05, 3.63) is 29.3 Å². The fraction of sp³-hybridized carbons (Fsp3) is 0.562. The molecule has 1 saturated carbocycles. The van der Waals surface area contributed by atoms with Crippen LogP contribution in [0.1, 0.15) is 43.2 Å². The zero-order valence-electron chi connectivity index (χ0n) is 12.4. The highest BCUT2D eigenvalue weighted by Gasteiger charge is 2.18. The van der Waals surface area contributed by atoms with E-state index in [2.05, 4.69) is 24.1 Å². The largest absolute Gasteiger partial charge is 0.496 e. The number of rotatable bonds is 5. The summed E-state index contributed by atoms with van der Waals surface area (Å²) in [6.45, 7) is 0.935. The maximum Gasteiger partial charge on any atom is 0.129 e. The van der Waals surface area contributed by atoms with Crippen LogP contribution in [0.25, 0.3) is 0 Å². The van der Waals surface area contributed by atoms with Crippen molar-refractivity contribution >= 4 is 17.2 Å². The Morgan fingerprint density at radius 2 is 2.05 bits per heavy atom. The van der Waals surface area contributed by atoms with Gasteiger partial charge in [-0.25, -0.2) is 0 Å². The summed E-state index contributed by atoms with van der Waals surface area (Å²) in [7, 11) is 3.85. The number of methoxy groups -OCH3 is 1. The Morgan fingerprint density at radius 1 is 1.35 bits per heavy atom. The normalized spacial score (nSPS) is 16.4. The van der Waals surface area contributed by atoms with Gasteiger partial charge in [-0.15, -0.1) is 0 Å². The molecule has 4 heteroatoms. The van der Waals surface area contributed by atoms with Gasteiger partial charge in [-0.3, -0.25) is 4.90 Å². The molecular weight excluding hydrogens is 268 g/mol. The van der Waals surface area contributed by atoms with Gasteiger partial charge in [0.15, 0.2) is 0 Å². The monoisotopic (exact) mass is 292 g/mol. The Morgan fingerprint density at radius 3 is 2.65 bits per heavy atom. The van der Waals surface area contributed by atoms with Crippen molar-refractivity contribution in [3.63, 3.8) is 0 Å². The Hall–Kier alpha value is -1.13. The Labute approximate surface area is 127 Å². The van der Waals surface area contributed by atoms with E-state index in [9.17, 15) is 0 Å². The number of nitrogens with two attached hydrogens (primary N) is 1. The molecule has 1 aliphatic rings. The number of nitrogens with zero attached hydrogens (tertiary/aromatic N) is 1. The Kier molecular flexibility index (Phi) is 5.38. The van der Waals surface area contributed by atoms with Crippen LogP contribution >= 0.6 is 12.2 Å². The third-order valence-electron chi connectivity index (χ3n) is 4.16. The van der Waals surface area contributed by atoms with Crippen LogP contribution in [0.4, 0.5) is 0 Å². The van der Waals surface area contributed by atoms with Gasteiger partial charge in [-0.05, 0) is 37.6 Å². The van der Waals surface area contributed by atoms with Gasteiger partial charge in [-0.1, -0.05) is 37.5 Å². The summed E-state index contributed by atoms with van der Waals surface area (Å²) in [5, 5.41) is 0. The van der Waals surface area contributed by atoms with Gasteiger partial charge in [0.05, 0.1) is 12.7 Å². The first-order chi connectivity index (χ1) is 9.61. The van der Waals surface area contributed by atoms with Crippen molar-refractivity contribution in [3.8, 4) is 5.75 Å². The van der Waals surface area contributed by atoms with E-state index in [1.165, 1.54) is 37.7 Å². The summed E-state index contributed by atoms with van der Waals surface area (Å²) < 4.78 is 5.30. The van der Waals surface area contributed by atoms with Crippen LogP contribution in [0.5, 0.6) is 5.75 Å². The molecule has 1 fully saturated rings. The van der Waals surface area contributed by atoms with Crippen LogP contribution in [-0.2, 0) is 6.54 Å². The van der Waals surface area contributed by atoms with E-state index in [4.69, 9.17) is 22.7 Å². The second kappa shape index (κ2) is 7.04. The molecule has 2 rings (SSSR count). The van der Waals surface area contributed by atoms with Gasteiger partial charge in [0.2, 0.25) is 0 Å². The van der Waals surface area contributed by atoms with Crippen molar-refractivity contribution in [2.75, 3.05) is 14.2 Å². The third-order valence-corrected chi connectivity index (χ3v) is 4.38. The van der Waals surface area contributed by atoms with Gasteiger partial charge in [0.1, 0.15) is 10.7 Å². The van der Waals surface area contributed by atoms with Gasteiger partial charge in [0.25, 0.3) is 0 Å². The van der Waals surface area contributed by atoms with Crippen LogP contribution < -0.4 is 10.5 Å². The molecule has 20 heavy (non-hydrogen) atoms. The molecule has 0 amide bonds. The second-order valence-electron chi connectivity index (χ2n) is 5.61. The third kappa shape index (κ3) is 3.70. The number of hydrogen-bond acceptors (Lipinski definition) is 3. The van der Waals surface area contributed by atoms with E-state index < -0.39 is 0 Å². The molecule has 1 aromatic carbocycles. The minimum absolute atomic E-state index is 0.393. The first kappa shape index (κ1) is 15.3. The lowest BCUT2D eigenvalue weighted by Gasteiger charge is -2.31. The minimum atomic E-state index is 0.393. The van der Waals surface area contributed by atoms with E-state index >= 15 is 0 Å². The average Bonchev–Trinajstić information content (AvgIpc) is 2.48. The average molecular weight is 292 g/mol.